The predicted molar refractivity (Wildman–Crippen MR) is 76.0 cm³/mol. The molecule has 1 N–H and O–H groups in total. The normalized spacial score (nSPS) is 12.7. The van der Waals surface area contributed by atoms with Crippen LogP contribution in [0.5, 0.6) is 0 Å². The Labute approximate surface area is 116 Å². The van der Waals surface area contributed by atoms with Gasteiger partial charge < -0.3 is 5.32 Å². The summed E-state index contributed by atoms with van der Waals surface area (Å²) in [6.07, 6.45) is 0. The van der Waals surface area contributed by atoms with E-state index in [1.807, 2.05) is 6.92 Å². The average molecular weight is 284 g/mol. The molecule has 0 aliphatic rings. The van der Waals surface area contributed by atoms with Crippen LogP contribution >= 0.6 is 22.9 Å². The smallest absolute Gasteiger partial charge is 0.124 e. The maximum absolute atomic E-state index is 13.1. The van der Waals surface area contributed by atoms with E-state index in [4.69, 9.17) is 11.6 Å². The predicted octanol–water partition coefficient (Wildman–Crippen LogP) is 4.55. The Morgan fingerprint density at radius 1 is 1.39 bits per heavy atom. The van der Waals surface area contributed by atoms with Crippen molar-refractivity contribution in [2.24, 2.45) is 0 Å². The van der Waals surface area contributed by atoms with E-state index in [9.17, 15) is 4.39 Å². The monoisotopic (exact) mass is 283 g/mol. The van der Waals surface area contributed by atoms with Crippen molar-refractivity contribution in [1.82, 2.24) is 5.32 Å². The molecule has 18 heavy (non-hydrogen) atoms. The van der Waals surface area contributed by atoms with Gasteiger partial charge in [-0.1, -0.05) is 24.6 Å². The van der Waals surface area contributed by atoms with Crippen molar-refractivity contribution in [2.45, 2.75) is 19.9 Å². The molecule has 1 heterocycles. The van der Waals surface area contributed by atoms with Crippen LogP contribution in [0.1, 0.15) is 29.0 Å². The van der Waals surface area contributed by atoms with E-state index >= 15 is 0 Å². The molecule has 0 saturated heterocycles. The van der Waals surface area contributed by atoms with Crippen LogP contribution in [0.3, 0.4) is 0 Å². The molecule has 2 rings (SSSR count). The van der Waals surface area contributed by atoms with Gasteiger partial charge in [0.05, 0.1) is 6.04 Å². The van der Waals surface area contributed by atoms with Crippen molar-refractivity contribution < 1.29 is 4.39 Å². The van der Waals surface area contributed by atoms with Gasteiger partial charge >= 0.3 is 0 Å². The standard InChI is InChI=1S/C14H15ClFNS/c1-3-17-13(14-9(2)6-7-18-14)11-5-4-10(16)8-12(11)15/h4-8,13,17H,3H2,1-2H3. The fourth-order valence-corrected chi connectivity index (χ4v) is 3.26. The molecule has 0 radical (unpaired) electrons. The fraction of sp³-hybridized carbons (Fsp3) is 0.286. The molecule has 96 valence electrons. The SMILES string of the molecule is CCNC(c1ccc(F)cc1Cl)c1sccc1C. The average Bonchev–Trinajstić information content (AvgIpc) is 2.73. The molecule has 0 aliphatic carbocycles. The second kappa shape index (κ2) is 5.83. The Morgan fingerprint density at radius 3 is 2.72 bits per heavy atom. The van der Waals surface area contributed by atoms with Crippen LogP contribution in [0.25, 0.3) is 0 Å². The number of thiophene rings is 1. The van der Waals surface area contributed by atoms with Gasteiger partial charge in [0.1, 0.15) is 5.82 Å². The Balaban J connectivity index is 2.45. The van der Waals surface area contributed by atoms with Gasteiger partial charge in [-0.15, -0.1) is 11.3 Å². The van der Waals surface area contributed by atoms with Crippen molar-refractivity contribution in [3.05, 3.63) is 56.5 Å². The Bertz CT molecular complexity index is 538. The highest BCUT2D eigenvalue weighted by Crippen LogP contribution is 2.33. The third-order valence-corrected chi connectivity index (χ3v) is 4.26. The lowest BCUT2D eigenvalue weighted by atomic mass is 10.0. The van der Waals surface area contributed by atoms with E-state index in [1.165, 1.54) is 22.6 Å². The first-order chi connectivity index (χ1) is 8.63. The molecular formula is C14H15ClFNS. The fourth-order valence-electron chi connectivity index (χ4n) is 1.96. The third-order valence-electron chi connectivity index (χ3n) is 2.85. The lowest BCUT2D eigenvalue weighted by molar-refractivity contribution is 0.616. The van der Waals surface area contributed by atoms with Crippen molar-refractivity contribution in [3.63, 3.8) is 0 Å². The van der Waals surface area contributed by atoms with Crippen LogP contribution in [0.2, 0.25) is 5.02 Å². The lowest BCUT2D eigenvalue weighted by Gasteiger charge is -2.19. The van der Waals surface area contributed by atoms with Crippen LogP contribution in [-0.4, -0.2) is 6.54 Å². The third kappa shape index (κ3) is 2.74. The molecule has 1 atom stereocenters. The number of hydrogen-bond acceptors (Lipinski definition) is 2. The minimum absolute atomic E-state index is 0.0306. The number of nitrogens with one attached hydrogen (secondary N) is 1. The minimum atomic E-state index is -0.304. The van der Waals surface area contributed by atoms with Gasteiger partial charge in [0.2, 0.25) is 0 Å². The highest BCUT2D eigenvalue weighted by molar-refractivity contribution is 7.10. The highest BCUT2D eigenvalue weighted by atomic mass is 35.5. The molecule has 0 fully saturated rings. The van der Waals surface area contributed by atoms with Gasteiger partial charge in [0.25, 0.3) is 0 Å². The van der Waals surface area contributed by atoms with Crippen LogP contribution < -0.4 is 5.32 Å². The first-order valence-corrected chi connectivity index (χ1v) is 7.11. The Hall–Kier alpha value is -0.900. The minimum Gasteiger partial charge on any atom is -0.306 e. The van der Waals surface area contributed by atoms with Gasteiger partial charge in [-0.2, -0.15) is 0 Å². The maximum Gasteiger partial charge on any atom is 0.124 e. The summed E-state index contributed by atoms with van der Waals surface area (Å²) in [6, 6.07) is 6.69. The van der Waals surface area contributed by atoms with Gasteiger partial charge in [-0.3, -0.25) is 0 Å². The zero-order valence-corrected chi connectivity index (χ0v) is 11.9. The topological polar surface area (TPSA) is 12.0 Å². The Morgan fingerprint density at radius 2 is 2.17 bits per heavy atom. The van der Waals surface area contributed by atoms with Gasteiger partial charge in [-0.05, 0) is 48.2 Å². The number of benzene rings is 1. The molecule has 0 saturated carbocycles. The summed E-state index contributed by atoms with van der Waals surface area (Å²) in [7, 11) is 0. The summed E-state index contributed by atoms with van der Waals surface area (Å²) in [5.41, 5.74) is 2.15. The summed E-state index contributed by atoms with van der Waals surface area (Å²) < 4.78 is 13.1. The zero-order valence-electron chi connectivity index (χ0n) is 10.3. The number of hydrogen-bond donors (Lipinski definition) is 1. The van der Waals surface area contributed by atoms with E-state index in [0.717, 1.165) is 12.1 Å². The number of halogens is 2. The van der Waals surface area contributed by atoms with E-state index in [-0.39, 0.29) is 11.9 Å². The van der Waals surface area contributed by atoms with Gasteiger partial charge in [-0.25, -0.2) is 4.39 Å². The van der Waals surface area contributed by atoms with Crippen LogP contribution in [0.15, 0.2) is 29.6 Å². The van der Waals surface area contributed by atoms with Crippen LogP contribution in [0, 0.1) is 12.7 Å². The summed E-state index contributed by atoms with van der Waals surface area (Å²) in [4.78, 5) is 1.23. The maximum atomic E-state index is 13.1. The van der Waals surface area contributed by atoms with Gasteiger partial charge in [0.15, 0.2) is 0 Å². The van der Waals surface area contributed by atoms with E-state index in [0.29, 0.717) is 5.02 Å². The molecule has 1 aromatic heterocycles. The lowest BCUT2D eigenvalue weighted by Crippen LogP contribution is -2.22. The van der Waals surface area contributed by atoms with Crippen molar-refractivity contribution in [2.75, 3.05) is 6.54 Å². The molecule has 4 heteroatoms. The van der Waals surface area contributed by atoms with Crippen molar-refractivity contribution >= 4 is 22.9 Å². The molecule has 2 aromatic rings. The molecule has 1 unspecified atom stereocenters. The summed E-state index contributed by atoms with van der Waals surface area (Å²) >= 11 is 7.84. The van der Waals surface area contributed by atoms with E-state index in [2.05, 4.69) is 23.7 Å². The molecule has 0 spiro atoms. The summed E-state index contributed by atoms with van der Waals surface area (Å²) in [5.74, 6) is -0.304. The van der Waals surface area contributed by atoms with Gasteiger partial charge in [0, 0.05) is 9.90 Å². The molecule has 0 amide bonds. The van der Waals surface area contributed by atoms with Crippen molar-refractivity contribution in [1.29, 1.82) is 0 Å². The zero-order chi connectivity index (χ0) is 13.1. The highest BCUT2D eigenvalue weighted by Gasteiger charge is 2.19. The molecule has 0 aliphatic heterocycles. The molecule has 0 bridgehead atoms. The van der Waals surface area contributed by atoms with Crippen molar-refractivity contribution in [3.8, 4) is 0 Å². The molecule has 1 nitrogen and oxygen atoms in total. The molecule has 1 aromatic carbocycles. The van der Waals surface area contributed by atoms with Crippen LogP contribution in [0.4, 0.5) is 4.39 Å². The van der Waals surface area contributed by atoms with Crippen LogP contribution in [-0.2, 0) is 0 Å². The second-order valence-electron chi connectivity index (χ2n) is 4.12. The largest absolute Gasteiger partial charge is 0.306 e. The Kier molecular flexibility index (Phi) is 4.38. The van der Waals surface area contributed by atoms with E-state index < -0.39 is 0 Å². The second-order valence-corrected chi connectivity index (χ2v) is 5.48. The number of rotatable bonds is 4. The summed E-state index contributed by atoms with van der Waals surface area (Å²) in [5, 5.41) is 5.93. The summed E-state index contributed by atoms with van der Waals surface area (Å²) in [6.45, 7) is 4.96. The molecular weight excluding hydrogens is 269 g/mol. The first-order valence-electron chi connectivity index (χ1n) is 5.85. The first kappa shape index (κ1) is 13.5. The number of aryl methyl sites for hydroxylation is 1. The quantitative estimate of drug-likeness (QED) is 0.868. The van der Waals surface area contributed by atoms with E-state index in [1.54, 1.807) is 17.4 Å².